The second kappa shape index (κ2) is 8.13. The Morgan fingerprint density at radius 2 is 2.04 bits per heavy atom. The van der Waals surface area contributed by atoms with E-state index in [9.17, 15) is 5.11 Å². The zero-order valence-corrected chi connectivity index (χ0v) is 14.3. The van der Waals surface area contributed by atoms with Crippen LogP contribution in [0.25, 0.3) is 6.08 Å². The lowest BCUT2D eigenvalue weighted by Gasteiger charge is -2.41. The van der Waals surface area contributed by atoms with Crippen molar-refractivity contribution in [2.24, 2.45) is 0 Å². The van der Waals surface area contributed by atoms with Gasteiger partial charge >= 0.3 is 0 Å². The van der Waals surface area contributed by atoms with Gasteiger partial charge in [-0.05, 0) is 57.5 Å². The number of furan rings is 1. The Bertz CT molecular complexity index is 489. The van der Waals surface area contributed by atoms with Crippen LogP contribution in [-0.2, 0) is 0 Å². The van der Waals surface area contributed by atoms with Gasteiger partial charge in [0.2, 0.25) is 0 Å². The van der Waals surface area contributed by atoms with Crippen LogP contribution in [0.4, 0.5) is 0 Å². The topological polar surface area (TPSA) is 39.9 Å². The third-order valence-electron chi connectivity index (χ3n) is 5.15. The van der Waals surface area contributed by atoms with Gasteiger partial charge in [0, 0.05) is 25.7 Å². The SMILES string of the molecule is C/C(=C\c1ccco1)CN1CC[C@@H](N2CCCCCC2)[C@H](O)C1. The molecule has 4 heteroatoms. The second-order valence-corrected chi connectivity index (χ2v) is 7.11. The fourth-order valence-corrected chi connectivity index (χ4v) is 4.00. The molecule has 2 saturated heterocycles. The van der Waals surface area contributed by atoms with Crippen molar-refractivity contribution in [2.75, 3.05) is 32.7 Å². The van der Waals surface area contributed by atoms with E-state index in [0.29, 0.717) is 6.04 Å². The number of hydrogen-bond acceptors (Lipinski definition) is 4. The van der Waals surface area contributed by atoms with Gasteiger partial charge in [0.15, 0.2) is 0 Å². The molecular weight excluding hydrogens is 288 g/mol. The summed E-state index contributed by atoms with van der Waals surface area (Å²) in [6.07, 6.45) is 9.93. The fourth-order valence-electron chi connectivity index (χ4n) is 4.00. The van der Waals surface area contributed by atoms with Gasteiger partial charge in [0.05, 0.1) is 12.4 Å². The number of hydrogen-bond donors (Lipinski definition) is 1. The predicted molar refractivity (Wildman–Crippen MR) is 93.3 cm³/mol. The summed E-state index contributed by atoms with van der Waals surface area (Å²) in [5.74, 6) is 0.905. The Morgan fingerprint density at radius 3 is 2.70 bits per heavy atom. The van der Waals surface area contributed by atoms with Crippen LogP contribution >= 0.6 is 0 Å². The highest BCUT2D eigenvalue weighted by atomic mass is 16.3. The van der Waals surface area contributed by atoms with Crippen LogP contribution in [0.2, 0.25) is 0 Å². The number of likely N-dealkylation sites (tertiary alicyclic amines) is 2. The number of aliphatic hydroxyl groups excluding tert-OH is 1. The second-order valence-electron chi connectivity index (χ2n) is 7.11. The van der Waals surface area contributed by atoms with Crippen molar-refractivity contribution in [3.63, 3.8) is 0 Å². The minimum absolute atomic E-state index is 0.224. The summed E-state index contributed by atoms with van der Waals surface area (Å²) in [7, 11) is 0. The van der Waals surface area contributed by atoms with E-state index in [-0.39, 0.29) is 6.10 Å². The maximum absolute atomic E-state index is 10.6. The first kappa shape index (κ1) is 16.7. The van der Waals surface area contributed by atoms with E-state index in [1.807, 2.05) is 12.1 Å². The van der Waals surface area contributed by atoms with E-state index in [2.05, 4.69) is 22.8 Å². The van der Waals surface area contributed by atoms with Crippen molar-refractivity contribution in [1.82, 2.24) is 9.80 Å². The van der Waals surface area contributed by atoms with E-state index in [0.717, 1.165) is 31.8 Å². The molecule has 0 spiro atoms. The molecular formula is C19H30N2O2. The van der Waals surface area contributed by atoms with Crippen LogP contribution in [0, 0.1) is 0 Å². The van der Waals surface area contributed by atoms with Crippen LogP contribution in [0.3, 0.4) is 0 Å². The highest BCUT2D eigenvalue weighted by Gasteiger charge is 2.32. The summed E-state index contributed by atoms with van der Waals surface area (Å²) in [4.78, 5) is 4.91. The number of piperidine rings is 1. The molecule has 2 fully saturated rings. The standard InChI is InChI=1S/C19H30N2O2/c1-16(13-17-7-6-12-23-17)14-20-11-8-18(19(22)15-20)21-9-4-2-3-5-10-21/h6-7,12-13,18-19,22H,2-5,8-11,14-15H2,1H3/b16-13+/t18-,19-/m1/s1. The van der Waals surface area contributed by atoms with Gasteiger partial charge in [-0.25, -0.2) is 0 Å². The molecule has 0 saturated carbocycles. The van der Waals surface area contributed by atoms with Gasteiger partial charge in [-0.2, -0.15) is 0 Å². The number of rotatable bonds is 4. The molecule has 128 valence electrons. The largest absolute Gasteiger partial charge is 0.465 e. The van der Waals surface area contributed by atoms with Crippen molar-refractivity contribution in [1.29, 1.82) is 0 Å². The van der Waals surface area contributed by atoms with Gasteiger partial charge in [-0.1, -0.05) is 18.4 Å². The number of β-amino-alcohol motifs (C(OH)–C–C–N with tert-alkyl or cyclic N) is 1. The number of nitrogens with zero attached hydrogens (tertiary/aromatic N) is 2. The van der Waals surface area contributed by atoms with Gasteiger partial charge < -0.3 is 9.52 Å². The molecule has 0 aliphatic carbocycles. The minimum Gasteiger partial charge on any atom is -0.465 e. The molecule has 0 amide bonds. The fraction of sp³-hybridized carbons (Fsp3) is 0.684. The maximum Gasteiger partial charge on any atom is 0.126 e. The van der Waals surface area contributed by atoms with E-state index in [1.165, 1.54) is 44.3 Å². The van der Waals surface area contributed by atoms with Crippen molar-refractivity contribution < 1.29 is 9.52 Å². The Balaban J connectivity index is 1.51. The monoisotopic (exact) mass is 318 g/mol. The summed E-state index contributed by atoms with van der Waals surface area (Å²) in [6, 6.07) is 4.25. The van der Waals surface area contributed by atoms with Crippen LogP contribution in [-0.4, -0.2) is 59.8 Å². The molecule has 0 aromatic carbocycles. The van der Waals surface area contributed by atoms with Gasteiger partial charge in [-0.3, -0.25) is 9.80 Å². The van der Waals surface area contributed by atoms with Crippen LogP contribution in [0.15, 0.2) is 28.4 Å². The van der Waals surface area contributed by atoms with Gasteiger partial charge in [0.25, 0.3) is 0 Å². The van der Waals surface area contributed by atoms with Crippen molar-refractivity contribution >= 4 is 6.08 Å². The Hall–Kier alpha value is -1.10. The number of aliphatic hydroxyl groups is 1. The van der Waals surface area contributed by atoms with E-state index in [4.69, 9.17) is 4.42 Å². The van der Waals surface area contributed by atoms with E-state index >= 15 is 0 Å². The molecule has 0 unspecified atom stereocenters. The minimum atomic E-state index is -0.224. The molecule has 1 aromatic rings. The molecule has 2 aliphatic heterocycles. The molecule has 0 radical (unpaired) electrons. The van der Waals surface area contributed by atoms with Gasteiger partial charge in [0.1, 0.15) is 5.76 Å². The molecule has 3 heterocycles. The maximum atomic E-state index is 10.6. The van der Waals surface area contributed by atoms with Crippen LogP contribution in [0.5, 0.6) is 0 Å². The molecule has 1 aromatic heterocycles. The molecule has 23 heavy (non-hydrogen) atoms. The van der Waals surface area contributed by atoms with Gasteiger partial charge in [-0.15, -0.1) is 0 Å². The third-order valence-corrected chi connectivity index (χ3v) is 5.15. The van der Waals surface area contributed by atoms with Crippen molar-refractivity contribution in [3.05, 3.63) is 29.7 Å². The van der Waals surface area contributed by atoms with Crippen LogP contribution in [0.1, 0.15) is 44.8 Å². The predicted octanol–water partition coefficient (Wildman–Crippen LogP) is 2.99. The zero-order valence-electron chi connectivity index (χ0n) is 14.3. The lowest BCUT2D eigenvalue weighted by Crippen LogP contribution is -2.54. The molecule has 1 N–H and O–H groups in total. The Kier molecular flexibility index (Phi) is 5.92. The summed E-state index contributed by atoms with van der Waals surface area (Å²) >= 11 is 0. The summed E-state index contributed by atoms with van der Waals surface area (Å²) < 4.78 is 5.37. The van der Waals surface area contributed by atoms with Crippen LogP contribution < -0.4 is 0 Å². The van der Waals surface area contributed by atoms with E-state index < -0.39 is 0 Å². The first-order valence-electron chi connectivity index (χ1n) is 9.07. The lowest BCUT2D eigenvalue weighted by molar-refractivity contribution is -0.00930. The Morgan fingerprint density at radius 1 is 1.26 bits per heavy atom. The molecule has 4 nitrogen and oxygen atoms in total. The Labute approximate surface area is 139 Å². The zero-order chi connectivity index (χ0) is 16.1. The summed E-state index contributed by atoms with van der Waals surface area (Å²) in [5, 5.41) is 10.6. The lowest BCUT2D eigenvalue weighted by atomic mass is 9.99. The first-order valence-corrected chi connectivity index (χ1v) is 9.07. The highest BCUT2D eigenvalue weighted by Crippen LogP contribution is 2.22. The smallest absolute Gasteiger partial charge is 0.126 e. The molecule has 3 rings (SSSR count). The van der Waals surface area contributed by atoms with Crippen molar-refractivity contribution in [2.45, 2.75) is 51.2 Å². The normalized spacial score (nSPS) is 28.7. The molecule has 0 bridgehead atoms. The summed E-state index contributed by atoms with van der Waals surface area (Å²) in [6.45, 7) is 7.23. The van der Waals surface area contributed by atoms with E-state index in [1.54, 1.807) is 6.26 Å². The molecule has 2 atom stereocenters. The summed E-state index contributed by atoms with van der Waals surface area (Å²) in [5.41, 5.74) is 1.28. The highest BCUT2D eigenvalue weighted by molar-refractivity contribution is 5.46. The molecule has 2 aliphatic rings. The van der Waals surface area contributed by atoms with Crippen molar-refractivity contribution in [3.8, 4) is 0 Å². The average molecular weight is 318 g/mol. The third kappa shape index (κ3) is 4.69. The average Bonchev–Trinajstić information content (AvgIpc) is 2.87. The quantitative estimate of drug-likeness (QED) is 0.926. The first-order chi connectivity index (χ1) is 11.2.